The summed E-state index contributed by atoms with van der Waals surface area (Å²) in [5.41, 5.74) is 6.26. The first-order valence-corrected chi connectivity index (χ1v) is 5.21. The molecule has 1 aliphatic heterocycles. The molecule has 1 atom stereocenters. The lowest BCUT2D eigenvalue weighted by Crippen LogP contribution is -2.27. The summed E-state index contributed by atoms with van der Waals surface area (Å²) in [6.45, 7) is 6.88. The van der Waals surface area contributed by atoms with Crippen LogP contribution < -0.4 is 5.73 Å². The van der Waals surface area contributed by atoms with Gasteiger partial charge in [-0.05, 0) is 19.8 Å². The van der Waals surface area contributed by atoms with Crippen molar-refractivity contribution in [3.05, 3.63) is 11.8 Å². The Morgan fingerprint density at radius 2 is 2.14 bits per heavy atom. The van der Waals surface area contributed by atoms with E-state index in [2.05, 4.69) is 11.9 Å². The van der Waals surface area contributed by atoms with E-state index in [9.17, 15) is 0 Å². The minimum Gasteiger partial charge on any atom is -0.404 e. The summed E-state index contributed by atoms with van der Waals surface area (Å²) in [7, 11) is 1.74. The van der Waals surface area contributed by atoms with Crippen LogP contribution in [-0.2, 0) is 4.74 Å². The lowest BCUT2D eigenvalue weighted by molar-refractivity contribution is 0.0563. The third kappa shape index (κ3) is 3.14. The van der Waals surface area contributed by atoms with Crippen molar-refractivity contribution >= 4 is 6.21 Å². The third-order valence-electron chi connectivity index (χ3n) is 2.28. The zero-order valence-corrected chi connectivity index (χ0v) is 9.71. The van der Waals surface area contributed by atoms with Crippen molar-refractivity contribution in [3.63, 3.8) is 0 Å². The number of hydrogen-bond donors (Lipinski definition) is 1. The van der Waals surface area contributed by atoms with E-state index in [-0.39, 0.29) is 5.60 Å². The molecule has 0 saturated carbocycles. The lowest BCUT2D eigenvalue weighted by atomic mass is 9.94. The van der Waals surface area contributed by atoms with E-state index in [1.165, 1.54) is 0 Å². The summed E-state index contributed by atoms with van der Waals surface area (Å²) in [5, 5.41) is 0. The van der Waals surface area contributed by atoms with Gasteiger partial charge in [-0.15, -0.1) is 0 Å². The van der Waals surface area contributed by atoms with Gasteiger partial charge >= 0.3 is 0 Å². The first kappa shape index (κ1) is 13.2. The van der Waals surface area contributed by atoms with Gasteiger partial charge in [0.2, 0.25) is 0 Å². The zero-order valence-electron chi connectivity index (χ0n) is 9.71. The van der Waals surface area contributed by atoms with Gasteiger partial charge in [-0.2, -0.15) is 0 Å². The van der Waals surface area contributed by atoms with Crippen LogP contribution in [0, 0.1) is 0 Å². The largest absolute Gasteiger partial charge is 0.404 e. The van der Waals surface area contributed by atoms with Gasteiger partial charge in [-0.3, -0.25) is 4.99 Å². The van der Waals surface area contributed by atoms with Gasteiger partial charge in [0, 0.05) is 31.6 Å². The Kier molecular flexibility index (Phi) is 6.21. The SMILES string of the molecule is CC.CN=C/C(=C\N)C1(C)CCCO1. The van der Waals surface area contributed by atoms with Gasteiger partial charge in [0.1, 0.15) is 0 Å². The fourth-order valence-electron chi connectivity index (χ4n) is 1.50. The molecule has 1 unspecified atom stereocenters. The third-order valence-corrected chi connectivity index (χ3v) is 2.28. The molecule has 2 N–H and O–H groups in total. The minimum atomic E-state index is -0.200. The normalized spacial score (nSPS) is 27.6. The molecule has 1 heterocycles. The number of nitrogens with two attached hydrogens (primary N) is 1. The summed E-state index contributed by atoms with van der Waals surface area (Å²) in [6.07, 6.45) is 5.48. The second kappa shape index (κ2) is 6.60. The molecule has 3 heteroatoms. The number of ether oxygens (including phenoxy) is 1. The Bertz CT molecular complexity index is 203. The lowest BCUT2D eigenvalue weighted by Gasteiger charge is -2.23. The van der Waals surface area contributed by atoms with Crippen LogP contribution in [-0.4, -0.2) is 25.5 Å². The highest BCUT2D eigenvalue weighted by molar-refractivity contribution is 5.81. The van der Waals surface area contributed by atoms with Crippen molar-refractivity contribution in [2.45, 2.75) is 39.2 Å². The van der Waals surface area contributed by atoms with Gasteiger partial charge in [0.05, 0.1) is 5.60 Å². The Balaban J connectivity index is 0.000000791. The van der Waals surface area contributed by atoms with E-state index in [1.807, 2.05) is 13.8 Å². The van der Waals surface area contributed by atoms with Gasteiger partial charge in [0.25, 0.3) is 0 Å². The first-order chi connectivity index (χ1) is 6.73. The molecule has 1 fully saturated rings. The quantitative estimate of drug-likeness (QED) is 0.691. The standard InChI is InChI=1S/C9H16N2O.C2H6/c1-9(4-3-5-12-9)8(6-10)7-11-2;1-2/h6-7H,3-5,10H2,1-2H3;1-2H3/b8-6+,11-7?;. The van der Waals surface area contributed by atoms with Gasteiger partial charge < -0.3 is 10.5 Å². The van der Waals surface area contributed by atoms with Crippen LogP contribution in [0.5, 0.6) is 0 Å². The van der Waals surface area contributed by atoms with Gasteiger partial charge in [-0.1, -0.05) is 13.8 Å². The summed E-state index contributed by atoms with van der Waals surface area (Å²) in [5.74, 6) is 0. The zero-order chi connectivity index (χ0) is 11.0. The highest BCUT2D eigenvalue weighted by atomic mass is 16.5. The average Bonchev–Trinajstić information content (AvgIpc) is 2.65. The highest BCUT2D eigenvalue weighted by Crippen LogP contribution is 2.30. The van der Waals surface area contributed by atoms with E-state index in [0.717, 1.165) is 25.0 Å². The van der Waals surface area contributed by atoms with Crippen molar-refractivity contribution in [3.8, 4) is 0 Å². The van der Waals surface area contributed by atoms with E-state index in [0.29, 0.717) is 0 Å². The molecular weight excluding hydrogens is 176 g/mol. The predicted molar refractivity (Wildman–Crippen MR) is 61.6 cm³/mol. The Hall–Kier alpha value is -0.830. The maximum absolute atomic E-state index is 5.61. The molecule has 0 aromatic rings. The van der Waals surface area contributed by atoms with Crippen LogP contribution in [0.25, 0.3) is 0 Å². The summed E-state index contributed by atoms with van der Waals surface area (Å²) in [4.78, 5) is 3.94. The number of rotatable bonds is 2. The molecule has 14 heavy (non-hydrogen) atoms. The molecule has 0 radical (unpaired) electrons. The Morgan fingerprint density at radius 1 is 1.50 bits per heavy atom. The van der Waals surface area contributed by atoms with Crippen LogP contribution in [0.3, 0.4) is 0 Å². The maximum atomic E-state index is 5.61. The molecule has 1 saturated heterocycles. The molecule has 0 aromatic heterocycles. The molecule has 0 aromatic carbocycles. The van der Waals surface area contributed by atoms with Crippen LogP contribution in [0.15, 0.2) is 16.8 Å². The molecule has 0 amide bonds. The van der Waals surface area contributed by atoms with Crippen LogP contribution in [0.4, 0.5) is 0 Å². The average molecular weight is 198 g/mol. The highest BCUT2D eigenvalue weighted by Gasteiger charge is 2.32. The molecular formula is C11H22N2O. The molecule has 0 spiro atoms. The summed E-state index contributed by atoms with van der Waals surface area (Å²) >= 11 is 0. The molecule has 1 aliphatic rings. The minimum absolute atomic E-state index is 0.200. The van der Waals surface area contributed by atoms with E-state index in [4.69, 9.17) is 10.5 Å². The molecule has 82 valence electrons. The second-order valence-electron chi connectivity index (χ2n) is 3.19. The van der Waals surface area contributed by atoms with E-state index < -0.39 is 0 Å². The van der Waals surface area contributed by atoms with Crippen molar-refractivity contribution in [2.75, 3.05) is 13.7 Å². The van der Waals surface area contributed by atoms with Crippen molar-refractivity contribution < 1.29 is 4.74 Å². The van der Waals surface area contributed by atoms with Gasteiger partial charge in [0.15, 0.2) is 0 Å². The maximum Gasteiger partial charge on any atom is 0.0932 e. The van der Waals surface area contributed by atoms with Crippen molar-refractivity contribution in [2.24, 2.45) is 10.7 Å². The van der Waals surface area contributed by atoms with Crippen LogP contribution in [0.2, 0.25) is 0 Å². The Labute approximate surface area is 87.0 Å². The summed E-state index contributed by atoms with van der Waals surface area (Å²) < 4.78 is 5.61. The van der Waals surface area contributed by atoms with Crippen LogP contribution >= 0.6 is 0 Å². The van der Waals surface area contributed by atoms with E-state index in [1.54, 1.807) is 19.5 Å². The van der Waals surface area contributed by atoms with Crippen molar-refractivity contribution in [1.82, 2.24) is 0 Å². The van der Waals surface area contributed by atoms with E-state index >= 15 is 0 Å². The molecule has 0 bridgehead atoms. The predicted octanol–water partition coefficient (Wildman–Crippen LogP) is 2.12. The summed E-state index contributed by atoms with van der Waals surface area (Å²) in [6, 6.07) is 0. The fraction of sp³-hybridized carbons (Fsp3) is 0.727. The topological polar surface area (TPSA) is 47.6 Å². The Morgan fingerprint density at radius 3 is 2.50 bits per heavy atom. The smallest absolute Gasteiger partial charge is 0.0932 e. The monoisotopic (exact) mass is 198 g/mol. The second-order valence-corrected chi connectivity index (χ2v) is 3.19. The fourth-order valence-corrected chi connectivity index (χ4v) is 1.50. The number of nitrogens with zero attached hydrogens (tertiary/aromatic N) is 1. The molecule has 0 aliphatic carbocycles. The number of hydrogen-bond acceptors (Lipinski definition) is 3. The molecule has 3 nitrogen and oxygen atoms in total. The van der Waals surface area contributed by atoms with Crippen LogP contribution in [0.1, 0.15) is 33.6 Å². The first-order valence-electron chi connectivity index (χ1n) is 5.21. The van der Waals surface area contributed by atoms with Crippen molar-refractivity contribution in [1.29, 1.82) is 0 Å². The van der Waals surface area contributed by atoms with Gasteiger partial charge in [-0.25, -0.2) is 0 Å². The number of aliphatic imine (C=N–C) groups is 1. The molecule has 1 rings (SSSR count).